The summed E-state index contributed by atoms with van der Waals surface area (Å²) in [4.78, 5) is 27.2. The summed E-state index contributed by atoms with van der Waals surface area (Å²) in [5.41, 5.74) is 1.20. The van der Waals surface area contributed by atoms with Gasteiger partial charge in [-0.15, -0.1) is 0 Å². The van der Waals surface area contributed by atoms with E-state index in [4.69, 9.17) is 14.2 Å². The van der Waals surface area contributed by atoms with Crippen molar-refractivity contribution in [2.75, 3.05) is 39.2 Å². The Bertz CT molecular complexity index is 843. The normalized spacial score (nSPS) is 13.3. The van der Waals surface area contributed by atoms with E-state index in [1.54, 1.807) is 41.3 Å². The van der Waals surface area contributed by atoms with Crippen LogP contribution >= 0.6 is 0 Å². The molecular formula is C20H22N2O5. The Morgan fingerprint density at radius 3 is 2.52 bits per heavy atom. The lowest BCUT2D eigenvalue weighted by molar-refractivity contribution is 0.0764. The molecule has 0 atom stereocenters. The van der Waals surface area contributed by atoms with Gasteiger partial charge in [-0.25, -0.2) is 0 Å². The number of hydrogen-bond acceptors (Lipinski definition) is 5. The minimum atomic E-state index is -0.390. The molecule has 0 unspecified atom stereocenters. The molecule has 0 radical (unpaired) electrons. The Labute approximate surface area is 157 Å². The van der Waals surface area contributed by atoms with Crippen molar-refractivity contribution in [3.8, 4) is 17.2 Å². The third-order valence-corrected chi connectivity index (χ3v) is 4.41. The Kier molecular flexibility index (Phi) is 5.49. The molecular weight excluding hydrogens is 348 g/mol. The molecule has 2 aromatic rings. The second kappa shape index (κ2) is 7.99. The molecule has 2 amide bonds. The van der Waals surface area contributed by atoms with Crippen molar-refractivity contribution in [1.29, 1.82) is 0 Å². The largest absolute Gasteiger partial charge is 0.496 e. The first-order valence-electron chi connectivity index (χ1n) is 8.67. The van der Waals surface area contributed by atoms with E-state index >= 15 is 0 Å². The molecule has 1 aliphatic heterocycles. The zero-order valence-electron chi connectivity index (χ0n) is 15.6. The van der Waals surface area contributed by atoms with E-state index in [0.29, 0.717) is 48.2 Å². The van der Waals surface area contributed by atoms with E-state index < -0.39 is 5.91 Å². The molecule has 3 rings (SSSR count). The van der Waals surface area contributed by atoms with Gasteiger partial charge in [-0.1, -0.05) is 6.07 Å². The number of nitrogens with zero attached hydrogens (tertiary/aromatic N) is 1. The van der Waals surface area contributed by atoms with Crippen LogP contribution in [-0.2, 0) is 0 Å². The molecule has 0 bridgehead atoms. The highest BCUT2D eigenvalue weighted by molar-refractivity contribution is 6.09. The number of carbonyl (C=O) groups is 2. The molecule has 0 spiro atoms. The molecule has 0 saturated heterocycles. The smallest absolute Gasteiger partial charge is 0.263 e. The number of anilines is 1. The Balaban J connectivity index is 1.92. The van der Waals surface area contributed by atoms with Crippen molar-refractivity contribution in [2.45, 2.75) is 6.92 Å². The molecule has 7 heteroatoms. The summed E-state index contributed by atoms with van der Waals surface area (Å²) in [7, 11) is 2.98. The van der Waals surface area contributed by atoms with Gasteiger partial charge in [0.15, 0.2) is 0 Å². The first-order valence-corrected chi connectivity index (χ1v) is 8.67. The van der Waals surface area contributed by atoms with Gasteiger partial charge in [0.2, 0.25) is 0 Å². The summed E-state index contributed by atoms with van der Waals surface area (Å²) in [5, 5.41) is 2.81. The van der Waals surface area contributed by atoms with Gasteiger partial charge in [0, 0.05) is 12.2 Å². The maximum absolute atomic E-state index is 12.8. The summed E-state index contributed by atoms with van der Waals surface area (Å²) >= 11 is 0. The van der Waals surface area contributed by atoms with E-state index in [-0.39, 0.29) is 11.5 Å². The molecule has 0 fully saturated rings. The van der Waals surface area contributed by atoms with E-state index in [9.17, 15) is 9.59 Å². The zero-order chi connectivity index (χ0) is 19.4. The monoisotopic (exact) mass is 370 g/mol. The predicted molar refractivity (Wildman–Crippen MR) is 101 cm³/mol. The minimum absolute atomic E-state index is 0.115. The van der Waals surface area contributed by atoms with Crippen LogP contribution < -0.4 is 19.5 Å². The fraction of sp³-hybridized carbons (Fsp3) is 0.300. The van der Waals surface area contributed by atoms with Gasteiger partial charge in [0.1, 0.15) is 29.4 Å². The number of nitrogens with one attached hydrogen (secondary N) is 1. The number of likely N-dealkylation sites (N-methyl/N-ethyl adjacent to an activating group) is 1. The van der Waals surface area contributed by atoms with Crippen LogP contribution in [0.5, 0.6) is 17.2 Å². The molecule has 0 saturated carbocycles. The number of amides is 2. The Hall–Kier alpha value is -3.22. The average Bonchev–Trinajstić information content (AvgIpc) is 2.85. The van der Waals surface area contributed by atoms with E-state index in [1.807, 2.05) is 6.92 Å². The molecule has 1 heterocycles. The highest BCUT2D eigenvalue weighted by Crippen LogP contribution is 2.30. The third kappa shape index (κ3) is 3.67. The second-order valence-electron chi connectivity index (χ2n) is 5.94. The van der Waals surface area contributed by atoms with Crippen molar-refractivity contribution in [1.82, 2.24) is 4.90 Å². The summed E-state index contributed by atoms with van der Waals surface area (Å²) in [5.74, 6) is 0.815. The molecule has 27 heavy (non-hydrogen) atoms. The number of methoxy groups -OCH3 is 2. The summed E-state index contributed by atoms with van der Waals surface area (Å²) < 4.78 is 16.2. The number of fused-ring (bicyclic) bond motifs is 1. The number of hydrogen-bond donors (Lipinski definition) is 1. The second-order valence-corrected chi connectivity index (χ2v) is 5.94. The summed E-state index contributed by atoms with van der Waals surface area (Å²) in [6.07, 6.45) is 0. The molecule has 1 aliphatic rings. The van der Waals surface area contributed by atoms with Crippen LogP contribution in [0.3, 0.4) is 0 Å². The van der Waals surface area contributed by atoms with Crippen LogP contribution in [0.15, 0.2) is 36.4 Å². The number of benzene rings is 2. The lowest BCUT2D eigenvalue weighted by Crippen LogP contribution is -2.32. The van der Waals surface area contributed by atoms with E-state index in [0.717, 1.165) is 0 Å². The van der Waals surface area contributed by atoms with Crippen molar-refractivity contribution in [2.24, 2.45) is 0 Å². The average molecular weight is 370 g/mol. The van der Waals surface area contributed by atoms with Gasteiger partial charge in [-0.3, -0.25) is 9.59 Å². The van der Waals surface area contributed by atoms with Crippen LogP contribution in [-0.4, -0.2) is 50.6 Å². The van der Waals surface area contributed by atoms with Gasteiger partial charge in [-0.2, -0.15) is 0 Å². The fourth-order valence-corrected chi connectivity index (χ4v) is 3.01. The maximum Gasteiger partial charge on any atom is 0.263 e. The first-order chi connectivity index (χ1) is 13.1. The molecule has 0 aliphatic carbocycles. The number of carbonyl (C=O) groups excluding carboxylic acids is 2. The van der Waals surface area contributed by atoms with Crippen LogP contribution in [0.2, 0.25) is 0 Å². The van der Waals surface area contributed by atoms with Crippen LogP contribution in [0.4, 0.5) is 5.69 Å². The quantitative estimate of drug-likeness (QED) is 0.876. The van der Waals surface area contributed by atoms with Gasteiger partial charge < -0.3 is 24.4 Å². The van der Waals surface area contributed by atoms with Gasteiger partial charge in [0.25, 0.3) is 11.8 Å². The van der Waals surface area contributed by atoms with E-state index in [2.05, 4.69) is 5.32 Å². The molecule has 142 valence electrons. The summed E-state index contributed by atoms with van der Waals surface area (Å²) in [6.45, 7) is 3.49. The van der Waals surface area contributed by atoms with Crippen LogP contribution in [0.25, 0.3) is 0 Å². The molecule has 7 nitrogen and oxygen atoms in total. The number of ether oxygens (including phenoxy) is 3. The lowest BCUT2D eigenvalue weighted by atomic mass is 10.1. The first kappa shape index (κ1) is 18.6. The maximum atomic E-state index is 12.8. The van der Waals surface area contributed by atoms with Gasteiger partial charge in [-0.05, 0) is 37.3 Å². The van der Waals surface area contributed by atoms with Gasteiger partial charge >= 0.3 is 0 Å². The predicted octanol–water partition coefficient (Wildman–Crippen LogP) is 2.81. The molecule has 1 N–H and O–H groups in total. The van der Waals surface area contributed by atoms with Crippen molar-refractivity contribution < 1.29 is 23.8 Å². The molecule has 2 aromatic carbocycles. The Morgan fingerprint density at radius 1 is 1.19 bits per heavy atom. The topological polar surface area (TPSA) is 77.1 Å². The third-order valence-electron chi connectivity index (χ3n) is 4.41. The molecule has 0 aromatic heterocycles. The summed E-state index contributed by atoms with van der Waals surface area (Å²) in [6, 6.07) is 10.1. The highest BCUT2D eigenvalue weighted by Gasteiger charge is 2.24. The van der Waals surface area contributed by atoms with Crippen LogP contribution in [0.1, 0.15) is 27.6 Å². The minimum Gasteiger partial charge on any atom is -0.496 e. The van der Waals surface area contributed by atoms with Crippen molar-refractivity contribution >= 4 is 17.5 Å². The van der Waals surface area contributed by atoms with Crippen LogP contribution in [0, 0.1) is 0 Å². The van der Waals surface area contributed by atoms with Gasteiger partial charge in [0.05, 0.1) is 26.3 Å². The number of rotatable bonds is 5. The standard InChI is InChI=1S/C20H22N2O5/c1-4-22-10-11-27-15-9-8-13(12-14(15)20(22)24)21-19(23)18-16(25-2)6-5-7-17(18)26-3/h5-9,12H,4,10-11H2,1-3H3,(H,21,23). The Morgan fingerprint density at radius 2 is 1.89 bits per heavy atom. The lowest BCUT2D eigenvalue weighted by Gasteiger charge is -2.17. The zero-order valence-corrected chi connectivity index (χ0v) is 15.6. The van der Waals surface area contributed by atoms with Crippen molar-refractivity contribution in [3.05, 3.63) is 47.5 Å². The highest BCUT2D eigenvalue weighted by atomic mass is 16.5. The fourth-order valence-electron chi connectivity index (χ4n) is 3.01. The van der Waals surface area contributed by atoms with E-state index in [1.165, 1.54) is 14.2 Å². The SMILES string of the molecule is CCN1CCOc2ccc(NC(=O)c3c(OC)cccc3OC)cc2C1=O. The van der Waals surface area contributed by atoms with Crippen molar-refractivity contribution in [3.63, 3.8) is 0 Å².